The van der Waals surface area contributed by atoms with Crippen molar-refractivity contribution in [3.05, 3.63) is 0 Å². The molecule has 2 fully saturated rings. The van der Waals surface area contributed by atoms with Crippen LogP contribution in [0.3, 0.4) is 0 Å². The smallest absolute Gasteiger partial charge is 0.308 e. The van der Waals surface area contributed by atoms with Gasteiger partial charge in [-0.05, 0) is 25.9 Å². The number of carbonyl (C=O) groups excluding carboxylic acids is 1. The Morgan fingerprint density at radius 2 is 2.00 bits per heavy atom. The number of rotatable bonds is 4. The summed E-state index contributed by atoms with van der Waals surface area (Å²) >= 11 is 0. The summed E-state index contributed by atoms with van der Waals surface area (Å²) in [7, 11) is 0. The van der Waals surface area contributed by atoms with Crippen LogP contribution in [0.4, 0.5) is 0 Å². The van der Waals surface area contributed by atoms with Crippen LogP contribution in [0.2, 0.25) is 0 Å². The van der Waals surface area contributed by atoms with E-state index in [1.165, 1.54) is 12.8 Å². The Hall–Kier alpha value is -1.10. The van der Waals surface area contributed by atoms with E-state index < -0.39 is 11.9 Å². The third-order valence-electron chi connectivity index (χ3n) is 3.45. The van der Waals surface area contributed by atoms with Crippen LogP contribution in [0.5, 0.6) is 0 Å². The predicted octanol–water partition coefficient (Wildman–Crippen LogP) is 0.0153. The second kappa shape index (κ2) is 4.82. The lowest BCUT2D eigenvalue weighted by Gasteiger charge is -2.20. The molecule has 5 heteroatoms. The van der Waals surface area contributed by atoms with Crippen molar-refractivity contribution in [3.8, 4) is 0 Å². The molecule has 90 valence electrons. The molecule has 0 radical (unpaired) electrons. The fraction of sp³-hybridized carbons (Fsp3) is 0.818. The van der Waals surface area contributed by atoms with E-state index >= 15 is 0 Å². The zero-order valence-corrected chi connectivity index (χ0v) is 9.39. The number of hydrogen-bond acceptors (Lipinski definition) is 3. The molecule has 1 amide bonds. The van der Waals surface area contributed by atoms with Crippen molar-refractivity contribution in [2.24, 2.45) is 5.92 Å². The Labute approximate surface area is 95.0 Å². The molecular weight excluding hydrogens is 208 g/mol. The first-order chi connectivity index (χ1) is 7.66. The van der Waals surface area contributed by atoms with E-state index in [2.05, 4.69) is 4.90 Å². The normalized spacial score (nSPS) is 26.6. The fourth-order valence-corrected chi connectivity index (χ4v) is 2.42. The highest BCUT2D eigenvalue weighted by atomic mass is 16.4. The molecular formula is C11H18N2O3. The van der Waals surface area contributed by atoms with Gasteiger partial charge in [0.05, 0.1) is 5.92 Å². The van der Waals surface area contributed by atoms with Crippen LogP contribution in [-0.4, -0.2) is 59.5 Å². The molecule has 5 nitrogen and oxygen atoms in total. The standard InChI is InChI=1S/C11H18N2O3/c14-10-7-9(11(15)16)8-13(10)6-5-12-3-1-2-4-12/h9H,1-8H2,(H,15,16). The lowest BCUT2D eigenvalue weighted by molar-refractivity contribution is -0.141. The molecule has 2 saturated heterocycles. The SMILES string of the molecule is O=C(O)C1CC(=O)N(CCN2CCCC2)C1. The number of aliphatic carboxylic acids is 1. The highest BCUT2D eigenvalue weighted by Gasteiger charge is 2.34. The Kier molecular flexibility index (Phi) is 3.43. The summed E-state index contributed by atoms with van der Waals surface area (Å²) in [5, 5.41) is 8.84. The molecule has 1 N–H and O–H groups in total. The summed E-state index contributed by atoms with van der Waals surface area (Å²) in [4.78, 5) is 26.3. The fourth-order valence-electron chi connectivity index (χ4n) is 2.42. The van der Waals surface area contributed by atoms with Crippen LogP contribution in [0.25, 0.3) is 0 Å². The number of carboxylic acid groups (broad SMARTS) is 1. The van der Waals surface area contributed by atoms with Gasteiger partial charge < -0.3 is 14.9 Å². The Morgan fingerprint density at radius 3 is 2.56 bits per heavy atom. The Bertz CT molecular complexity index is 287. The van der Waals surface area contributed by atoms with Crippen molar-refractivity contribution in [1.82, 2.24) is 9.80 Å². The van der Waals surface area contributed by atoms with E-state index in [4.69, 9.17) is 5.11 Å². The lowest BCUT2D eigenvalue weighted by Crippen LogP contribution is -2.35. The van der Waals surface area contributed by atoms with Gasteiger partial charge in [-0.3, -0.25) is 9.59 Å². The highest BCUT2D eigenvalue weighted by molar-refractivity contribution is 5.86. The van der Waals surface area contributed by atoms with E-state index in [9.17, 15) is 9.59 Å². The molecule has 0 spiro atoms. The van der Waals surface area contributed by atoms with E-state index in [1.54, 1.807) is 4.90 Å². The first kappa shape index (κ1) is 11.4. The van der Waals surface area contributed by atoms with Crippen molar-refractivity contribution in [1.29, 1.82) is 0 Å². The van der Waals surface area contributed by atoms with Crippen LogP contribution in [0.1, 0.15) is 19.3 Å². The third-order valence-corrected chi connectivity index (χ3v) is 3.45. The third kappa shape index (κ3) is 2.52. The van der Waals surface area contributed by atoms with Gasteiger partial charge in [-0.15, -0.1) is 0 Å². The summed E-state index contributed by atoms with van der Waals surface area (Å²) in [5.41, 5.74) is 0. The number of hydrogen-bond donors (Lipinski definition) is 1. The molecule has 1 unspecified atom stereocenters. The van der Waals surface area contributed by atoms with Crippen molar-refractivity contribution >= 4 is 11.9 Å². The predicted molar refractivity (Wildman–Crippen MR) is 58.0 cm³/mol. The summed E-state index contributed by atoms with van der Waals surface area (Å²) in [5.74, 6) is -1.35. The quantitative estimate of drug-likeness (QED) is 0.734. The van der Waals surface area contributed by atoms with Gasteiger partial charge in [0.25, 0.3) is 0 Å². The Balaban J connectivity index is 1.77. The molecule has 0 aromatic heterocycles. The molecule has 2 aliphatic heterocycles. The van der Waals surface area contributed by atoms with Crippen molar-refractivity contribution < 1.29 is 14.7 Å². The van der Waals surface area contributed by atoms with Gasteiger partial charge in [0, 0.05) is 26.1 Å². The van der Waals surface area contributed by atoms with Crippen molar-refractivity contribution in [2.45, 2.75) is 19.3 Å². The molecule has 0 bridgehead atoms. The van der Waals surface area contributed by atoms with Crippen LogP contribution in [0, 0.1) is 5.92 Å². The first-order valence-electron chi connectivity index (χ1n) is 5.90. The zero-order valence-electron chi connectivity index (χ0n) is 9.39. The van der Waals surface area contributed by atoms with E-state index in [-0.39, 0.29) is 12.3 Å². The minimum absolute atomic E-state index is 0.00778. The molecule has 0 aromatic carbocycles. The number of nitrogens with zero attached hydrogens (tertiary/aromatic N) is 2. The van der Waals surface area contributed by atoms with E-state index in [0.717, 1.165) is 19.6 Å². The van der Waals surface area contributed by atoms with Gasteiger partial charge in [0.15, 0.2) is 0 Å². The topological polar surface area (TPSA) is 60.9 Å². The maximum Gasteiger partial charge on any atom is 0.308 e. The molecule has 0 saturated carbocycles. The summed E-state index contributed by atoms with van der Waals surface area (Å²) < 4.78 is 0. The minimum atomic E-state index is -0.850. The van der Waals surface area contributed by atoms with E-state index in [1.807, 2.05) is 0 Å². The average Bonchev–Trinajstić information content (AvgIpc) is 2.84. The van der Waals surface area contributed by atoms with Gasteiger partial charge in [-0.25, -0.2) is 0 Å². The Morgan fingerprint density at radius 1 is 1.31 bits per heavy atom. The number of carbonyl (C=O) groups is 2. The van der Waals surface area contributed by atoms with Gasteiger partial charge >= 0.3 is 5.97 Å². The molecule has 2 heterocycles. The second-order valence-corrected chi connectivity index (χ2v) is 4.63. The highest BCUT2D eigenvalue weighted by Crippen LogP contribution is 2.18. The molecule has 16 heavy (non-hydrogen) atoms. The maximum atomic E-state index is 11.5. The van der Waals surface area contributed by atoms with Gasteiger partial charge in [0.1, 0.15) is 0 Å². The average molecular weight is 226 g/mol. The zero-order chi connectivity index (χ0) is 11.5. The van der Waals surface area contributed by atoms with Crippen molar-refractivity contribution in [3.63, 3.8) is 0 Å². The first-order valence-corrected chi connectivity index (χ1v) is 5.90. The molecule has 1 atom stereocenters. The number of likely N-dealkylation sites (tertiary alicyclic amines) is 2. The molecule has 0 aliphatic carbocycles. The maximum absolute atomic E-state index is 11.5. The van der Waals surface area contributed by atoms with Crippen LogP contribution < -0.4 is 0 Å². The molecule has 2 aliphatic rings. The largest absolute Gasteiger partial charge is 0.481 e. The summed E-state index contributed by atoms with van der Waals surface area (Å²) in [6.45, 7) is 4.19. The van der Waals surface area contributed by atoms with Gasteiger partial charge in [0.2, 0.25) is 5.91 Å². The monoisotopic (exact) mass is 226 g/mol. The number of carboxylic acids is 1. The van der Waals surface area contributed by atoms with Gasteiger partial charge in [-0.2, -0.15) is 0 Å². The minimum Gasteiger partial charge on any atom is -0.481 e. The summed E-state index contributed by atoms with van der Waals surface area (Å²) in [6, 6.07) is 0. The van der Waals surface area contributed by atoms with Crippen LogP contribution in [-0.2, 0) is 9.59 Å². The van der Waals surface area contributed by atoms with Gasteiger partial charge in [-0.1, -0.05) is 0 Å². The van der Waals surface area contributed by atoms with Crippen LogP contribution >= 0.6 is 0 Å². The second-order valence-electron chi connectivity index (χ2n) is 4.63. The van der Waals surface area contributed by atoms with E-state index in [0.29, 0.717) is 13.1 Å². The number of amides is 1. The summed E-state index contributed by atoms with van der Waals surface area (Å²) in [6.07, 6.45) is 2.66. The van der Waals surface area contributed by atoms with Crippen LogP contribution in [0.15, 0.2) is 0 Å². The lowest BCUT2D eigenvalue weighted by atomic mass is 10.1. The molecule has 0 aromatic rings. The molecule has 2 rings (SSSR count). The van der Waals surface area contributed by atoms with Crippen molar-refractivity contribution in [2.75, 3.05) is 32.7 Å².